The van der Waals surface area contributed by atoms with Gasteiger partial charge in [0.1, 0.15) is 0 Å². The van der Waals surface area contributed by atoms with Crippen LogP contribution in [0, 0.1) is 0 Å². The maximum absolute atomic E-state index is 11.7. The number of anilines is 1. The van der Waals surface area contributed by atoms with Crippen molar-refractivity contribution >= 4 is 27.5 Å². The fourth-order valence-electron chi connectivity index (χ4n) is 1.34. The highest BCUT2D eigenvalue weighted by Crippen LogP contribution is 2.20. The summed E-state index contributed by atoms with van der Waals surface area (Å²) in [4.78, 5) is 11.7. The Bertz CT molecular complexity index is 396. The average molecular weight is 301 g/mol. The lowest BCUT2D eigenvalue weighted by Crippen LogP contribution is -2.27. The second-order valence-corrected chi connectivity index (χ2v) is 4.70. The minimum absolute atomic E-state index is 0.174. The zero-order chi connectivity index (χ0) is 12.8. The molecule has 0 radical (unpaired) electrons. The molecule has 0 saturated heterocycles. The van der Waals surface area contributed by atoms with Crippen molar-refractivity contribution in [2.24, 2.45) is 0 Å². The number of carbonyl (C=O) groups excluding carboxylic acids is 1. The van der Waals surface area contributed by atoms with Gasteiger partial charge in [0.2, 0.25) is 0 Å². The highest BCUT2D eigenvalue weighted by molar-refractivity contribution is 9.10. The van der Waals surface area contributed by atoms with Crippen molar-refractivity contribution in [3.05, 3.63) is 28.2 Å². The number of aliphatic hydroxyl groups excluding tert-OH is 1. The third-order valence-corrected chi connectivity index (χ3v) is 3.21. The second-order valence-electron chi connectivity index (χ2n) is 3.84. The van der Waals surface area contributed by atoms with Gasteiger partial charge in [-0.1, -0.05) is 6.92 Å². The molecular weight excluding hydrogens is 284 g/mol. The van der Waals surface area contributed by atoms with E-state index in [0.717, 1.165) is 4.47 Å². The molecule has 0 bridgehead atoms. The van der Waals surface area contributed by atoms with Crippen LogP contribution in [-0.4, -0.2) is 23.7 Å². The molecule has 0 aromatic heterocycles. The van der Waals surface area contributed by atoms with Gasteiger partial charge in [0.25, 0.3) is 5.91 Å². The van der Waals surface area contributed by atoms with Crippen LogP contribution in [0.1, 0.15) is 30.1 Å². The van der Waals surface area contributed by atoms with E-state index in [2.05, 4.69) is 21.2 Å². The van der Waals surface area contributed by atoms with E-state index in [1.54, 1.807) is 18.2 Å². The third-order valence-electron chi connectivity index (χ3n) is 2.49. The highest BCUT2D eigenvalue weighted by Gasteiger charge is 2.07. The summed E-state index contributed by atoms with van der Waals surface area (Å²) >= 11 is 3.27. The molecule has 5 heteroatoms. The van der Waals surface area contributed by atoms with Crippen molar-refractivity contribution < 1.29 is 9.90 Å². The zero-order valence-electron chi connectivity index (χ0n) is 9.74. The number of rotatable bonds is 5. The predicted molar refractivity (Wildman–Crippen MR) is 71.8 cm³/mol. The Morgan fingerprint density at radius 2 is 2.29 bits per heavy atom. The summed E-state index contributed by atoms with van der Waals surface area (Å²) in [5.74, 6) is -0.174. The summed E-state index contributed by atoms with van der Waals surface area (Å²) in [5, 5.41) is 12.1. The van der Waals surface area contributed by atoms with Gasteiger partial charge in [0.05, 0.1) is 6.10 Å². The fraction of sp³-hybridized carbons (Fsp3) is 0.417. The van der Waals surface area contributed by atoms with Crippen molar-refractivity contribution in [1.29, 1.82) is 0 Å². The first-order valence-electron chi connectivity index (χ1n) is 5.56. The minimum atomic E-state index is -0.356. The summed E-state index contributed by atoms with van der Waals surface area (Å²) < 4.78 is 0.774. The molecular formula is C12H17BrN2O2. The number of hydrogen-bond acceptors (Lipinski definition) is 3. The van der Waals surface area contributed by atoms with Crippen LogP contribution < -0.4 is 11.1 Å². The topological polar surface area (TPSA) is 75.3 Å². The summed E-state index contributed by atoms with van der Waals surface area (Å²) in [6.07, 6.45) is 0.903. The number of amides is 1. The van der Waals surface area contributed by atoms with Crippen molar-refractivity contribution in [2.75, 3.05) is 12.3 Å². The zero-order valence-corrected chi connectivity index (χ0v) is 11.3. The molecule has 1 rings (SSSR count). The van der Waals surface area contributed by atoms with E-state index in [4.69, 9.17) is 5.73 Å². The van der Waals surface area contributed by atoms with Crippen LogP contribution in [0.2, 0.25) is 0 Å². The quantitative estimate of drug-likeness (QED) is 0.727. The molecule has 4 nitrogen and oxygen atoms in total. The van der Waals surface area contributed by atoms with Crippen LogP contribution in [0.25, 0.3) is 0 Å². The monoisotopic (exact) mass is 300 g/mol. The van der Waals surface area contributed by atoms with E-state index in [1.165, 1.54) is 0 Å². The van der Waals surface area contributed by atoms with E-state index in [1.807, 2.05) is 6.92 Å². The first-order valence-corrected chi connectivity index (χ1v) is 6.35. The van der Waals surface area contributed by atoms with Crippen molar-refractivity contribution in [3.63, 3.8) is 0 Å². The Morgan fingerprint density at radius 3 is 2.88 bits per heavy atom. The van der Waals surface area contributed by atoms with Crippen LogP contribution in [0.3, 0.4) is 0 Å². The third kappa shape index (κ3) is 4.36. The maximum atomic E-state index is 11.7. The van der Waals surface area contributed by atoms with Crippen LogP contribution in [0.15, 0.2) is 22.7 Å². The maximum Gasteiger partial charge on any atom is 0.251 e. The molecule has 0 fully saturated rings. The summed E-state index contributed by atoms with van der Waals surface area (Å²) in [5.41, 5.74) is 6.75. The van der Waals surface area contributed by atoms with E-state index in [0.29, 0.717) is 30.6 Å². The molecule has 1 aromatic carbocycles. The molecule has 1 amide bonds. The van der Waals surface area contributed by atoms with E-state index in [9.17, 15) is 9.90 Å². The van der Waals surface area contributed by atoms with E-state index < -0.39 is 0 Å². The van der Waals surface area contributed by atoms with Crippen molar-refractivity contribution in [3.8, 4) is 0 Å². The number of halogens is 1. The molecule has 0 aliphatic rings. The highest BCUT2D eigenvalue weighted by atomic mass is 79.9. The SMILES string of the molecule is CCC(O)CCNC(=O)c1ccc(Br)c(N)c1. The summed E-state index contributed by atoms with van der Waals surface area (Å²) in [6.45, 7) is 2.37. The first kappa shape index (κ1) is 14.0. The second kappa shape index (κ2) is 6.61. The van der Waals surface area contributed by atoms with Gasteiger partial charge in [0.15, 0.2) is 0 Å². The van der Waals surface area contributed by atoms with E-state index in [-0.39, 0.29) is 12.0 Å². The Hall–Kier alpha value is -1.07. The van der Waals surface area contributed by atoms with Crippen molar-refractivity contribution in [1.82, 2.24) is 5.32 Å². The number of benzene rings is 1. The van der Waals surface area contributed by atoms with Crippen LogP contribution in [0.5, 0.6) is 0 Å². The van der Waals surface area contributed by atoms with E-state index >= 15 is 0 Å². The van der Waals surface area contributed by atoms with Gasteiger partial charge in [-0.15, -0.1) is 0 Å². The lowest BCUT2D eigenvalue weighted by Gasteiger charge is -2.09. The molecule has 4 N–H and O–H groups in total. The number of nitrogens with two attached hydrogens (primary N) is 1. The Labute approximate surface area is 109 Å². The molecule has 0 heterocycles. The normalized spacial score (nSPS) is 12.2. The molecule has 1 aromatic rings. The first-order chi connectivity index (χ1) is 8.04. The number of hydrogen-bond donors (Lipinski definition) is 3. The molecule has 0 aliphatic heterocycles. The molecule has 17 heavy (non-hydrogen) atoms. The van der Waals surface area contributed by atoms with Gasteiger partial charge in [-0.2, -0.15) is 0 Å². The molecule has 0 aliphatic carbocycles. The van der Waals surface area contributed by atoms with Gasteiger partial charge >= 0.3 is 0 Å². The molecule has 1 atom stereocenters. The Morgan fingerprint density at radius 1 is 1.59 bits per heavy atom. The van der Waals surface area contributed by atoms with Gasteiger partial charge < -0.3 is 16.2 Å². The van der Waals surface area contributed by atoms with Gasteiger partial charge in [0, 0.05) is 22.3 Å². The number of carbonyl (C=O) groups is 1. The largest absolute Gasteiger partial charge is 0.398 e. The Kier molecular flexibility index (Phi) is 5.44. The van der Waals surface area contributed by atoms with Crippen molar-refractivity contribution in [2.45, 2.75) is 25.9 Å². The lowest BCUT2D eigenvalue weighted by molar-refractivity contribution is 0.0942. The lowest BCUT2D eigenvalue weighted by atomic mass is 10.1. The van der Waals surface area contributed by atoms with Gasteiger partial charge in [-0.25, -0.2) is 0 Å². The standard InChI is InChI=1S/C12H17BrN2O2/c1-2-9(16)5-6-15-12(17)8-3-4-10(13)11(14)7-8/h3-4,7,9,16H,2,5-6,14H2,1H3,(H,15,17). The predicted octanol–water partition coefficient (Wildman–Crippen LogP) is 1.92. The Balaban J connectivity index is 2.50. The van der Waals surface area contributed by atoms with Crippen LogP contribution in [-0.2, 0) is 0 Å². The van der Waals surface area contributed by atoms with Crippen LogP contribution >= 0.6 is 15.9 Å². The number of aliphatic hydroxyl groups is 1. The fourth-order valence-corrected chi connectivity index (χ4v) is 1.59. The molecule has 0 saturated carbocycles. The minimum Gasteiger partial charge on any atom is -0.398 e. The van der Waals surface area contributed by atoms with Crippen LogP contribution in [0.4, 0.5) is 5.69 Å². The number of nitrogen functional groups attached to an aromatic ring is 1. The average Bonchev–Trinajstić information content (AvgIpc) is 2.32. The van der Waals surface area contributed by atoms with Gasteiger partial charge in [-0.3, -0.25) is 4.79 Å². The summed E-state index contributed by atoms with van der Waals surface area (Å²) in [7, 11) is 0. The molecule has 0 spiro atoms. The smallest absolute Gasteiger partial charge is 0.251 e. The molecule has 1 unspecified atom stereocenters. The molecule has 94 valence electrons. The summed E-state index contributed by atoms with van der Waals surface area (Å²) in [6, 6.07) is 5.06. The van der Waals surface area contributed by atoms with Gasteiger partial charge in [-0.05, 0) is 47.0 Å². The number of nitrogens with one attached hydrogen (secondary N) is 1.